The van der Waals surface area contributed by atoms with Crippen molar-refractivity contribution in [3.63, 3.8) is 0 Å². The molecule has 33 heavy (non-hydrogen) atoms. The Balaban J connectivity index is 1.69. The molecule has 180 valence electrons. The number of hydrogen-bond acceptors (Lipinski definition) is 6. The van der Waals surface area contributed by atoms with Crippen LogP contribution in [0, 0.1) is 13.8 Å². The number of nitrogens with zero attached hydrogens (tertiary/aromatic N) is 3. The summed E-state index contributed by atoms with van der Waals surface area (Å²) in [7, 11) is 0. The molecule has 0 unspecified atom stereocenters. The summed E-state index contributed by atoms with van der Waals surface area (Å²) in [6.45, 7) is 9.65. The van der Waals surface area contributed by atoms with Gasteiger partial charge in [0.05, 0.1) is 29.5 Å². The molecular weight excluding hydrogens is 437 g/mol. The van der Waals surface area contributed by atoms with E-state index in [2.05, 4.69) is 9.97 Å². The van der Waals surface area contributed by atoms with E-state index < -0.39 is 23.8 Å². The van der Waals surface area contributed by atoms with Gasteiger partial charge in [-0.2, -0.15) is 13.2 Å². The van der Waals surface area contributed by atoms with Gasteiger partial charge in [0.15, 0.2) is 5.78 Å². The highest BCUT2D eigenvalue weighted by atomic mass is 19.4. The maximum atomic E-state index is 13.2. The van der Waals surface area contributed by atoms with E-state index >= 15 is 0 Å². The number of ketones is 1. The molecule has 1 atom stereocenters. The van der Waals surface area contributed by atoms with Gasteiger partial charge >= 0.3 is 12.1 Å². The van der Waals surface area contributed by atoms with Crippen molar-refractivity contribution in [1.82, 2.24) is 14.9 Å². The monoisotopic (exact) mass is 466 g/mol. The highest BCUT2D eigenvalue weighted by Gasteiger charge is 2.32. The van der Waals surface area contributed by atoms with Crippen LogP contribution in [0.2, 0.25) is 0 Å². The molecule has 0 aromatic carbocycles. The van der Waals surface area contributed by atoms with E-state index in [4.69, 9.17) is 4.74 Å². The van der Waals surface area contributed by atoms with Crippen LogP contribution in [-0.4, -0.2) is 65.4 Å². The smallest absolute Gasteiger partial charge is 0.417 e. The van der Waals surface area contributed by atoms with Gasteiger partial charge in [0.1, 0.15) is 5.82 Å². The number of rotatable bonds is 6. The number of Topliss-reactive ketones (excluding diaryl/α,β-unsaturated/α-hetero) is 1. The van der Waals surface area contributed by atoms with E-state index in [1.807, 2.05) is 16.7 Å². The number of alkyl halides is 3. The topological polar surface area (TPSA) is 78.5 Å². The van der Waals surface area contributed by atoms with Gasteiger partial charge in [-0.15, -0.1) is 0 Å². The fourth-order valence-corrected chi connectivity index (χ4v) is 4.18. The van der Waals surface area contributed by atoms with Crippen LogP contribution >= 0.6 is 0 Å². The lowest BCUT2D eigenvalue weighted by Gasteiger charge is -2.27. The second kappa shape index (κ2) is 9.94. The van der Waals surface area contributed by atoms with E-state index in [0.29, 0.717) is 54.5 Å². The maximum absolute atomic E-state index is 13.2. The summed E-state index contributed by atoms with van der Waals surface area (Å²) in [6, 6.07) is 1.99. The lowest BCUT2D eigenvalue weighted by Crippen LogP contribution is -2.41. The number of aryl methyl sites for hydroxylation is 1. The Labute approximate surface area is 190 Å². The summed E-state index contributed by atoms with van der Waals surface area (Å²) in [4.78, 5) is 36.5. The number of H-pyrrole nitrogens is 1. The predicted molar refractivity (Wildman–Crippen MR) is 118 cm³/mol. The van der Waals surface area contributed by atoms with Crippen LogP contribution < -0.4 is 4.90 Å². The molecule has 2 aromatic heterocycles. The minimum absolute atomic E-state index is 0.118. The van der Waals surface area contributed by atoms with Crippen molar-refractivity contribution in [3.05, 3.63) is 46.4 Å². The fourth-order valence-electron chi connectivity index (χ4n) is 4.18. The molecule has 0 amide bonds. The number of halogens is 3. The Hall–Kier alpha value is -2.88. The van der Waals surface area contributed by atoms with Crippen molar-refractivity contribution in [3.8, 4) is 0 Å². The average Bonchev–Trinajstić information content (AvgIpc) is 2.93. The van der Waals surface area contributed by atoms with Crippen molar-refractivity contribution in [1.29, 1.82) is 0 Å². The number of ether oxygens (including phenoxy) is 1. The molecule has 2 aromatic rings. The number of aromatic amines is 1. The first kappa shape index (κ1) is 24.8. The second-order valence-electron chi connectivity index (χ2n) is 8.17. The highest BCUT2D eigenvalue weighted by molar-refractivity contribution is 6.03. The third kappa shape index (κ3) is 5.38. The first-order valence-corrected chi connectivity index (χ1v) is 11.0. The quantitative estimate of drug-likeness (QED) is 0.512. The fraction of sp³-hybridized carbons (Fsp3) is 0.522. The summed E-state index contributed by atoms with van der Waals surface area (Å²) in [5.74, 6) is -0.0871. The molecule has 10 heteroatoms. The Morgan fingerprint density at radius 2 is 1.91 bits per heavy atom. The van der Waals surface area contributed by atoms with E-state index in [9.17, 15) is 22.8 Å². The SMILES string of the molecule is CCOC(=O)c1c(C)[nH]c(C(=O)[C@@H](C)N2CCCN(c3ccc(C(F)(F)F)cn3)CC2)c1C. The molecule has 1 aliphatic rings. The predicted octanol–water partition coefficient (Wildman–Crippen LogP) is 4.01. The molecule has 0 radical (unpaired) electrons. The minimum atomic E-state index is -4.42. The summed E-state index contributed by atoms with van der Waals surface area (Å²) in [5.41, 5.74) is 1.18. The molecule has 1 N–H and O–H groups in total. The van der Waals surface area contributed by atoms with Crippen LogP contribution in [0.4, 0.5) is 19.0 Å². The van der Waals surface area contributed by atoms with Crippen LogP contribution in [0.15, 0.2) is 18.3 Å². The van der Waals surface area contributed by atoms with Crippen LogP contribution in [0.25, 0.3) is 0 Å². The van der Waals surface area contributed by atoms with Crippen molar-refractivity contribution in [2.75, 3.05) is 37.7 Å². The van der Waals surface area contributed by atoms with Gasteiger partial charge in [-0.25, -0.2) is 9.78 Å². The summed E-state index contributed by atoms with van der Waals surface area (Å²) >= 11 is 0. The van der Waals surface area contributed by atoms with Gasteiger partial charge in [0.25, 0.3) is 0 Å². The molecule has 0 aliphatic carbocycles. The highest BCUT2D eigenvalue weighted by Crippen LogP contribution is 2.29. The van der Waals surface area contributed by atoms with Gasteiger partial charge in [-0.1, -0.05) is 0 Å². The van der Waals surface area contributed by atoms with Crippen molar-refractivity contribution >= 4 is 17.6 Å². The van der Waals surface area contributed by atoms with Crippen LogP contribution in [0.1, 0.15) is 57.9 Å². The van der Waals surface area contributed by atoms with Gasteiger partial charge in [-0.3, -0.25) is 9.69 Å². The van der Waals surface area contributed by atoms with Gasteiger partial charge in [-0.05, 0) is 51.8 Å². The van der Waals surface area contributed by atoms with E-state index in [1.165, 1.54) is 6.07 Å². The molecule has 1 aliphatic heterocycles. The number of esters is 1. The Bertz CT molecular complexity index is 1000. The molecule has 1 fully saturated rings. The largest absolute Gasteiger partial charge is 0.462 e. The third-order valence-electron chi connectivity index (χ3n) is 6.02. The van der Waals surface area contributed by atoms with Crippen LogP contribution in [0.3, 0.4) is 0 Å². The molecular formula is C23H29F3N4O3. The van der Waals surface area contributed by atoms with Gasteiger partial charge < -0.3 is 14.6 Å². The first-order valence-electron chi connectivity index (χ1n) is 11.0. The van der Waals surface area contributed by atoms with Gasteiger partial charge in [0, 0.05) is 38.1 Å². The number of carbonyl (C=O) groups excluding carboxylic acids is 2. The number of pyridine rings is 1. The van der Waals surface area contributed by atoms with Crippen molar-refractivity contribution < 1.29 is 27.5 Å². The van der Waals surface area contributed by atoms with E-state index in [-0.39, 0.29) is 12.4 Å². The number of anilines is 1. The zero-order chi connectivity index (χ0) is 24.3. The number of aromatic nitrogens is 2. The Kier molecular flexibility index (Phi) is 7.46. The number of nitrogens with one attached hydrogen (secondary N) is 1. The van der Waals surface area contributed by atoms with Crippen LogP contribution in [-0.2, 0) is 10.9 Å². The summed E-state index contributed by atoms with van der Waals surface area (Å²) in [5, 5.41) is 0. The molecule has 3 heterocycles. The number of hydrogen-bond donors (Lipinski definition) is 1. The third-order valence-corrected chi connectivity index (χ3v) is 6.02. The summed E-state index contributed by atoms with van der Waals surface area (Å²) < 4.78 is 43.5. The lowest BCUT2D eigenvalue weighted by atomic mass is 10.0. The van der Waals surface area contributed by atoms with E-state index in [0.717, 1.165) is 18.7 Å². The Morgan fingerprint density at radius 1 is 1.18 bits per heavy atom. The van der Waals surface area contributed by atoms with Gasteiger partial charge in [0.2, 0.25) is 0 Å². The number of carbonyl (C=O) groups is 2. The minimum Gasteiger partial charge on any atom is -0.462 e. The summed E-state index contributed by atoms with van der Waals surface area (Å²) in [6.07, 6.45) is -2.84. The van der Waals surface area contributed by atoms with Crippen molar-refractivity contribution in [2.45, 2.75) is 46.3 Å². The molecule has 0 bridgehead atoms. The molecule has 0 spiro atoms. The lowest BCUT2D eigenvalue weighted by molar-refractivity contribution is -0.137. The first-order chi connectivity index (χ1) is 15.5. The van der Waals surface area contributed by atoms with Crippen LogP contribution in [0.5, 0.6) is 0 Å². The van der Waals surface area contributed by atoms with E-state index in [1.54, 1.807) is 20.8 Å². The second-order valence-corrected chi connectivity index (χ2v) is 8.17. The zero-order valence-electron chi connectivity index (χ0n) is 19.3. The molecule has 0 saturated carbocycles. The normalized spacial score (nSPS) is 16.4. The maximum Gasteiger partial charge on any atom is 0.417 e. The molecule has 1 saturated heterocycles. The average molecular weight is 467 g/mol. The molecule has 7 nitrogen and oxygen atoms in total. The standard InChI is InChI=1S/C23H29F3N4O3/c1-5-33-22(32)19-14(2)20(28-15(19)3)21(31)16(4)29-9-6-10-30(12-11-29)18-8-7-17(13-27-18)23(24,25)26/h7-8,13,16,28H,5-6,9-12H2,1-4H3/t16-/m1/s1. The zero-order valence-corrected chi connectivity index (χ0v) is 19.3. The Morgan fingerprint density at radius 3 is 2.52 bits per heavy atom. The van der Waals surface area contributed by atoms with Crippen molar-refractivity contribution in [2.24, 2.45) is 0 Å². The molecule has 3 rings (SSSR count).